The molecule has 0 aliphatic heterocycles. The van der Waals surface area contributed by atoms with Gasteiger partial charge in [-0.3, -0.25) is 4.79 Å². The van der Waals surface area contributed by atoms with E-state index in [0.717, 1.165) is 22.9 Å². The molecule has 1 aliphatic carbocycles. The lowest BCUT2D eigenvalue weighted by atomic mass is 9.96. The standard InChI is InChI=1S/C13H17BrN2O/c1-13(15,10-4-5-10)12(17)16-8-9-2-6-11(14)7-3-9/h2-3,6-7,10H,4-5,8,15H2,1H3,(H,16,17). The first-order valence-electron chi connectivity index (χ1n) is 5.82. The SMILES string of the molecule is CC(N)(C(=O)NCc1ccc(Br)cc1)C1CC1. The summed E-state index contributed by atoms with van der Waals surface area (Å²) < 4.78 is 1.04. The van der Waals surface area contributed by atoms with E-state index < -0.39 is 5.54 Å². The van der Waals surface area contributed by atoms with Gasteiger partial charge in [-0.15, -0.1) is 0 Å². The summed E-state index contributed by atoms with van der Waals surface area (Å²) >= 11 is 3.38. The highest BCUT2D eigenvalue weighted by molar-refractivity contribution is 9.10. The largest absolute Gasteiger partial charge is 0.350 e. The molecule has 0 spiro atoms. The fourth-order valence-corrected chi connectivity index (χ4v) is 2.11. The van der Waals surface area contributed by atoms with Gasteiger partial charge in [0.1, 0.15) is 0 Å². The third-order valence-corrected chi connectivity index (χ3v) is 3.81. The molecular weight excluding hydrogens is 280 g/mol. The second-order valence-electron chi connectivity index (χ2n) is 4.87. The zero-order valence-corrected chi connectivity index (χ0v) is 11.5. The van der Waals surface area contributed by atoms with Gasteiger partial charge in [0, 0.05) is 11.0 Å². The van der Waals surface area contributed by atoms with Crippen LogP contribution in [0.1, 0.15) is 25.3 Å². The number of benzene rings is 1. The molecule has 0 heterocycles. The quantitative estimate of drug-likeness (QED) is 0.895. The summed E-state index contributed by atoms with van der Waals surface area (Å²) in [4.78, 5) is 11.9. The van der Waals surface area contributed by atoms with Crippen LogP contribution in [0, 0.1) is 5.92 Å². The smallest absolute Gasteiger partial charge is 0.240 e. The molecule has 3 N–H and O–H groups in total. The van der Waals surface area contributed by atoms with Crippen LogP contribution in [0.3, 0.4) is 0 Å². The zero-order valence-electron chi connectivity index (χ0n) is 9.87. The maximum Gasteiger partial charge on any atom is 0.240 e. The van der Waals surface area contributed by atoms with E-state index in [1.54, 1.807) is 0 Å². The summed E-state index contributed by atoms with van der Waals surface area (Å²) in [5.41, 5.74) is 6.40. The van der Waals surface area contributed by atoms with Gasteiger partial charge in [-0.05, 0) is 43.4 Å². The van der Waals surface area contributed by atoms with Crippen molar-refractivity contribution in [3.63, 3.8) is 0 Å². The first-order chi connectivity index (χ1) is 8.00. The lowest BCUT2D eigenvalue weighted by molar-refractivity contribution is -0.126. The van der Waals surface area contributed by atoms with Gasteiger partial charge in [-0.2, -0.15) is 0 Å². The second-order valence-corrected chi connectivity index (χ2v) is 5.78. The Kier molecular flexibility index (Phi) is 3.54. The minimum atomic E-state index is -0.713. The number of halogens is 1. The van der Waals surface area contributed by atoms with Crippen molar-refractivity contribution in [2.45, 2.75) is 31.8 Å². The third-order valence-electron chi connectivity index (χ3n) is 3.28. The number of carbonyl (C=O) groups is 1. The summed E-state index contributed by atoms with van der Waals surface area (Å²) in [6.45, 7) is 2.35. The number of hydrogen-bond donors (Lipinski definition) is 2. The molecule has 1 atom stereocenters. The highest BCUT2D eigenvalue weighted by atomic mass is 79.9. The van der Waals surface area contributed by atoms with Crippen LogP contribution < -0.4 is 11.1 Å². The van der Waals surface area contributed by atoms with Crippen LogP contribution in [-0.2, 0) is 11.3 Å². The molecule has 2 rings (SSSR count). The summed E-state index contributed by atoms with van der Waals surface area (Å²) in [5, 5.41) is 2.90. The van der Waals surface area contributed by atoms with Gasteiger partial charge in [0.2, 0.25) is 5.91 Å². The van der Waals surface area contributed by atoms with Gasteiger partial charge in [0.05, 0.1) is 5.54 Å². The number of nitrogens with two attached hydrogens (primary N) is 1. The predicted molar refractivity (Wildman–Crippen MR) is 71.3 cm³/mol. The fraction of sp³-hybridized carbons (Fsp3) is 0.462. The van der Waals surface area contributed by atoms with Crippen molar-refractivity contribution in [2.24, 2.45) is 11.7 Å². The van der Waals surface area contributed by atoms with Gasteiger partial charge in [0.25, 0.3) is 0 Å². The van der Waals surface area contributed by atoms with E-state index in [1.165, 1.54) is 0 Å². The molecule has 1 saturated carbocycles. The van der Waals surface area contributed by atoms with Crippen molar-refractivity contribution in [1.29, 1.82) is 0 Å². The van der Waals surface area contributed by atoms with E-state index in [-0.39, 0.29) is 5.91 Å². The fourth-order valence-electron chi connectivity index (χ4n) is 1.84. The van der Waals surface area contributed by atoms with E-state index in [9.17, 15) is 4.79 Å². The van der Waals surface area contributed by atoms with E-state index >= 15 is 0 Å². The summed E-state index contributed by atoms with van der Waals surface area (Å²) in [5.74, 6) is 0.301. The Balaban J connectivity index is 1.89. The van der Waals surface area contributed by atoms with Crippen LogP contribution in [0.4, 0.5) is 0 Å². The van der Waals surface area contributed by atoms with Crippen LogP contribution in [-0.4, -0.2) is 11.4 Å². The predicted octanol–water partition coefficient (Wildman–Crippen LogP) is 2.19. The zero-order chi connectivity index (χ0) is 12.5. The van der Waals surface area contributed by atoms with Gasteiger partial charge in [-0.25, -0.2) is 0 Å². The second kappa shape index (κ2) is 4.78. The molecule has 1 unspecified atom stereocenters. The van der Waals surface area contributed by atoms with Crippen molar-refractivity contribution in [3.8, 4) is 0 Å². The van der Waals surface area contributed by atoms with Crippen LogP contribution in [0.5, 0.6) is 0 Å². The topological polar surface area (TPSA) is 55.1 Å². The van der Waals surface area contributed by atoms with Gasteiger partial charge in [0.15, 0.2) is 0 Å². The first-order valence-corrected chi connectivity index (χ1v) is 6.61. The lowest BCUT2D eigenvalue weighted by Crippen LogP contribution is -2.53. The highest BCUT2D eigenvalue weighted by Gasteiger charge is 2.43. The number of nitrogens with one attached hydrogen (secondary N) is 1. The average Bonchev–Trinajstić information content (AvgIpc) is 3.11. The van der Waals surface area contributed by atoms with Crippen molar-refractivity contribution in [1.82, 2.24) is 5.32 Å². The summed E-state index contributed by atoms with van der Waals surface area (Å²) in [7, 11) is 0. The minimum Gasteiger partial charge on any atom is -0.350 e. The number of carbonyl (C=O) groups excluding carboxylic acids is 1. The summed E-state index contributed by atoms with van der Waals surface area (Å²) in [6, 6.07) is 7.89. The monoisotopic (exact) mass is 296 g/mol. The minimum absolute atomic E-state index is 0.0529. The van der Waals surface area contributed by atoms with Crippen molar-refractivity contribution in [2.75, 3.05) is 0 Å². The van der Waals surface area contributed by atoms with Gasteiger partial charge >= 0.3 is 0 Å². The number of hydrogen-bond acceptors (Lipinski definition) is 2. The molecule has 3 nitrogen and oxygen atoms in total. The van der Waals surface area contributed by atoms with Gasteiger partial charge in [-0.1, -0.05) is 28.1 Å². The van der Waals surface area contributed by atoms with Crippen molar-refractivity contribution < 1.29 is 4.79 Å². The Morgan fingerprint density at radius 3 is 2.59 bits per heavy atom. The van der Waals surface area contributed by atoms with Crippen LogP contribution in [0.2, 0.25) is 0 Å². The molecule has 0 saturated heterocycles. The lowest BCUT2D eigenvalue weighted by Gasteiger charge is -2.23. The Bertz CT molecular complexity index is 410. The molecule has 0 bridgehead atoms. The van der Waals surface area contributed by atoms with Crippen LogP contribution >= 0.6 is 15.9 Å². The molecule has 1 fully saturated rings. The number of rotatable bonds is 4. The molecule has 1 aromatic rings. The first kappa shape index (κ1) is 12.6. The molecule has 4 heteroatoms. The van der Waals surface area contributed by atoms with E-state index in [4.69, 9.17) is 5.73 Å². The Hall–Kier alpha value is -0.870. The van der Waals surface area contributed by atoms with Crippen molar-refractivity contribution in [3.05, 3.63) is 34.3 Å². The molecule has 92 valence electrons. The molecule has 1 amide bonds. The van der Waals surface area contributed by atoms with Crippen molar-refractivity contribution >= 4 is 21.8 Å². The third kappa shape index (κ3) is 3.07. The van der Waals surface area contributed by atoms with Crippen LogP contribution in [0.25, 0.3) is 0 Å². The molecule has 0 radical (unpaired) electrons. The van der Waals surface area contributed by atoms with Gasteiger partial charge < -0.3 is 11.1 Å². The normalized spacial score (nSPS) is 18.5. The van der Waals surface area contributed by atoms with E-state index in [0.29, 0.717) is 12.5 Å². The molecule has 0 aromatic heterocycles. The highest BCUT2D eigenvalue weighted by Crippen LogP contribution is 2.38. The average molecular weight is 297 g/mol. The molecule has 1 aromatic carbocycles. The Labute approximate surface area is 110 Å². The molecular formula is C13H17BrN2O. The van der Waals surface area contributed by atoms with E-state index in [2.05, 4.69) is 21.2 Å². The maximum atomic E-state index is 11.9. The van der Waals surface area contributed by atoms with Crippen LogP contribution in [0.15, 0.2) is 28.7 Å². The Morgan fingerprint density at radius 2 is 2.06 bits per heavy atom. The summed E-state index contributed by atoms with van der Waals surface area (Å²) in [6.07, 6.45) is 2.14. The molecule has 17 heavy (non-hydrogen) atoms. The number of amides is 1. The Morgan fingerprint density at radius 1 is 1.47 bits per heavy atom. The maximum absolute atomic E-state index is 11.9. The van der Waals surface area contributed by atoms with E-state index in [1.807, 2.05) is 31.2 Å². The molecule has 1 aliphatic rings.